The van der Waals surface area contributed by atoms with Crippen molar-refractivity contribution in [3.63, 3.8) is 0 Å². The molecule has 1 aromatic rings. The largest absolute Gasteiger partial charge is 0.357 e. The van der Waals surface area contributed by atoms with Crippen molar-refractivity contribution in [1.82, 2.24) is 15.5 Å². The minimum Gasteiger partial charge on any atom is -0.357 e. The quantitative estimate of drug-likeness (QED) is 0.399. The molecule has 1 fully saturated rings. The highest BCUT2D eigenvalue weighted by atomic mass is 127. The fourth-order valence-electron chi connectivity index (χ4n) is 2.89. The Hall–Kier alpha value is -0.890. The Labute approximate surface area is 162 Å². The second-order valence-electron chi connectivity index (χ2n) is 6.29. The third-order valence-electron chi connectivity index (χ3n) is 4.34. The molecule has 1 aliphatic heterocycles. The van der Waals surface area contributed by atoms with E-state index in [0.717, 1.165) is 30.5 Å². The molecule has 0 atom stereocenters. The molecule has 1 saturated heterocycles. The number of nitrogens with one attached hydrogen (secondary N) is 2. The number of benzene rings is 1. The van der Waals surface area contributed by atoms with Crippen LogP contribution in [-0.4, -0.2) is 44.1 Å². The van der Waals surface area contributed by atoms with Gasteiger partial charge in [-0.15, -0.1) is 24.0 Å². The maximum atomic E-state index is 13.2. The van der Waals surface area contributed by atoms with Gasteiger partial charge in [-0.3, -0.25) is 0 Å². The minimum absolute atomic E-state index is 0. The fraction of sp³-hybridized carbons (Fsp3) is 0.611. The summed E-state index contributed by atoms with van der Waals surface area (Å²) in [5, 5.41) is 6.64. The lowest BCUT2D eigenvalue weighted by atomic mass is 9.94. The molecule has 6 heteroatoms. The molecule has 1 heterocycles. The first-order valence-corrected chi connectivity index (χ1v) is 8.62. The van der Waals surface area contributed by atoms with Gasteiger partial charge in [-0.1, -0.05) is 12.1 Å². The van der Waals surface area contributed by atoms with Gasteiger partial charge in [0.2, 0.25) is 0 Å². The summed E-state index contributed by atoms with van der Waals surface area (Å²) < 4.78 is 13.2. The second kappa shape index (κ2) is 11.6. The lowest BCUT2D eigenvalue weighted by Gasteiger charge is -2.29. The number of nitrogens with zero attached hydrogens (tertiary/aromatic N) is 2. The number of halogens is 2. The van der Waals surface area contributed by atoms with Gasteiger partial charge in [-0.2, -0.15) is 0 Å². The first-order chi connectivity index (χ1) is 11.2. The third kappa shape index (κ3) is 7.79. The normalized spacial score (nSPS) is 16.5. The van der Waals surface area contributed by atoms with E-state index in [2.05, 4.69) is 34.5 Å². The summed E-state index contributed by atoms with van der Waals surface area (Å²) in [6.07, 6.45) is 3.75. The van der Waals surface area contributed by atoms with Crippen LogP contribution in [-0.2, 0) is 6.54 Å². The number of guanidine groups is 1. The van der Waals surface area contributed by atoms with Crippen molar-refractivity contribution in [3.8, 4) is 0 Å². The minimum atomic E-state index is -0.210. The molecule has 0 unspecified atom stereocenters. The van der Waals surface area contributed by atoms with Crippen LogP contribution in [0.5, 0.6) is 0 Å². The van der Waals surface area contributed by atoms with Crippen LogP contribution in [0.3, 0.4) is 0 Å². The van der Waals surface area contributed by atoms with Crippen molar-refractivity contribution in [3.05, 3.63) is 35.6 Å². The zero-order valence-electron chi connectivity index (χ0n) is 14.7. The van der Waals surface area contributed by atoms with Crippen molar-refractivity contribution in [1.29, 1.82) is 0 Å². The van der Waals surface area contributed by atoms with Crippen LogP contribution in [0.2, 0.25) is 0 Å². The predicted octanol–water partition coefficient (Wildman–Crippen LogP) is 3.23. The summed E-state index contributed by atoms with van der Waals surface area (Å²) in [4.78, 5) is 6.94. The zero-order valence-corrected chi connectivity index (χ0v) is 17.1. The van der Waals surface area contributed by atoms with Gasteiger partial charge in [0.05, 0.1) is 6.54 Å². The van der Waals surface area contributed by atoms with Crippen LogP contribution in [0.15, 0.2) is 29.3 Å². The third-order valence-corrected chi connectivity index (χ3v) is 4.34. The Kier molecular flexibility index (Phi) is 10.2. The molecule has 0 amide bonds. The lowest BCUT2D eigenvalue weighted by molar-refractivity contribution is 0.213. The Balaban J connectivity index is 0.00000288. The predicted molar refractivity (Wildman–Crippen MR) is 109 cm³/mol. The summed E-state index contributed by atoms with van der Waals surface area (Å²) >= 11 is 0. The molecule has 24 heavy (non-hydrogen) atoms. The van der Waals surface area contributed by atoms with E-state index in [1.807, 2.05) is 6.07 Å². The van der Waals surface area contributed by atoms with E-state index < -0.39 is 0 Å². The van der Waals surface area contributed by atoms with Crippen molar-refractivity contribution in [2.45, 2.75) is 32.7 Å². The van der Waals surface area contributed by atoms with Crippen molar-refractivity contribution in [2.75, 3.05) is 33.2 Å². The maximum Gasteiger partial charge on any atom is 0.191 e. The standard InChI is InChI=1S/C18H29FN4.HI/c1-3-20-18(22-14-16-5-4-6-17(19)13-16)21-10-7-15-8-11-23(2)12-9-15;/h4-6,13,15H,3,7-12,14H2,1-2H3,(H2,20,21,22);1H. The molecule has 1 aromatic carbocycles. The van der Waals surface area contributed by atoms with Gasteiger partial charge in [0.15, 0.2) is 5.96 Å². The Morgan fingerprint density at radius 3 is 2.71 bits per heavy atom. The zero-order chi connectivity index (χ0) is 16.5. The first-order valence-electron chi connectivity index (χ1n) is 8.62. The van der Waals surface area contributed by atoms with Crippen LogP contribution in [0, 0.1) is 11.7 Å². The molecule has 0 spiro atoms. The molecule has 0 bridgehead atoms. The number of rotatable bonds is 6. The van der Waals surface area contributed by atoms with E-state index in [4.69, 9.17) is 0 Å². The van der Waals surface area contributed by atoms with E-state index in [0.29, 0.717) is 6.54 Å². The van der Waals surface area contributed by atoms with E-state index >= 15 is 0 Å². The molecule has 0 aromatic heterocycles. The first kappa shape index (κ1) is 21.2. The topological polar surface area (TPSA) is 39.7 Å². The van der Waals surface area contributed by atoms with E-state index in [-0.39, 0.29) is 29.8 Å². The molecule has 136 valence electrons. The molecule has 0 radical (unpaired) electrons. The summed E-state index contributed by atoms with van der Waals surface area (Å²) in [6.45, 7) is 6.71. The van der Waals surface area contributed by atoms with Crippen LogP contribution in [0.1, 0.15) is 31.7 Å². The Bertz CT molecular complexity index is 502. The monoisotopic (exact) mass is 448 g/mol. The summed E-state index contributed by atoms with van der Waals surface area (Å²) in [7, 11) is 2.19. The fourth-order valence-corrected chi connectivity index (χ4v) is 2.89. The number of likely N-dealkylation sites (tertiary alicyclic amines) is 1. The van der Waals surface area contributed by atoms with Crippen LogP contribution in [0.4, 0.5) is 4.39 Å². The molecule has 1 aliphatic rings. The molecule has 4 nitrogen and oxygen atoms in total. The van der Waals surface area contributed by atoms with Crippen LogP contribution in [0.25, 0.3) is 0 Å². The van der Waals surface area contributed by atoms with Gasteiger partial charge in [-0.25, -0.2) is 9.38 Å². The second-order valence-corrected chi connectivity index (χ2v) is 6.29. The average molecular weight is 448 g/mol. The van der Waals surface area contributed by atoms with Gasteiger partial charge in [0.1, 0.15) is 5.82 Å². The van der Waals surface area contributed by atoms with Gasteiger partial charge in [0.25, 0.3) is 0 Å². The summed E-state index contributed by atoms with van der Waals surface area (Å²) in [5.41, 5.74) is 0.887. The van der Waals surface area contributed by atoms with E-state index in [1.165, 1.54) is 44.5 Å². The van der Waals surface area contributed by atoms with Crippen molar-refractivity contribution < 1.29 is 4.39 Å². The molecule has 0 aliphatic carbocycles. The van der Waals surface area contributed by atoms with Crippen LogP contribution < -0.4 is 10.6 Å². The highest BCUT2D eigenvalue weighted by molar-refractivity contribution is 14.0. The van der Waals surface area contributed by atoms with E-state index in [1.54, 1.807) is 6.07 Å². The number of hydrogen-bond acceptors (Lipinski definition) is 2. The molecule has 2 N–H and O–H groups in total. The Morgan fingerprint density at radius 2 is 2.04 bits per heavy atom. The van der Waals surface area contributed by atoms with Gasteiger partial charge >= 0.3 is 0 Å². The average Bonchev–Trinajstić information content (AvgIpc) is 2.54. The molecule has 2 rings (SSSR count). The van der Waals surface area contributed by atoms with Gasteiger partial charge in [-0.05, 0) is 69.9 Å². The number of aliphatic imine (C=N–C) groups is 1. The summed E-state index contributed by atoms with van der Waals surface area (Å²) in [6, 6.07) is 6.61. The van der Waals surface area contributed by atoms with Gasteiger partial charge in [0, 0.05) is 13.1 Å². The van der Waals surface area contributed by atoms with Crippen molar-refractivity contribution in [2.24, 2.45) is 10.9 Å². The van der Waals surface area contributed by atoms with Gasteiger partial charge < -0.3 is 15.5 Å². The Morgan fingerprint density at radius 1 is 1.29 bits per heavy atom. The van der Waals surface area contributed by atoms with Crippen LogP contribution >= 0.6 is 24.0 Å². The highest BCUT2D eigenvalue weighted by Gasteiger charge is 2.16. The summed E-state index contributed by atoms with van der Waals surface area (Å²) in [5.74, 6) is 1.41. The maximum absolute atomic E-state index is 13.2. The van der Waals surface area contributed by atoms with E-state index in [9.17, 15) is 4.39 Å². The SMILES string of the molecule is CCNC(=NCc1cccc(F)c1)NCCC1CCN(C)CC1.I. The number of piperidine rings is 1. The molecular formula is C18H30FIN4. The highest BCUT2D eigenvalue weighted by Crippen LogP contribution is 2.18. The smallest absolute Gasteiger partial charge is 0.191 e. The van der Waals surface area contributed by atoms with Crippen molar-refractivity contribution >= 4 is 29.9 Å². The lowest BCUT2D eigenvalue weighted by Crippen LogP contribution is -2.39. The molecular weight excluding hydrogens is 418 g/mol. The molecule has 0 saturated carbocycles. The number of hydrogen-bond donors (Lipinski definition) is 2.